The van der Waals surface area contributed by atoms with E-state index in [1.165, 1.54) is 0 Å². The van der Waals surface area contributed by atoms with Crippen LogP contribution in [0.2, 0.25) is 0 Å². The molecule has 0 radical (unpaired) electrons. The van der Waals surface area contributed by atoms with Crippen molar-refractivity contribution in [3.05, 3.63) is 46.3 Å². The van der Waals surface area contributed by atoms with E-state index in [1.807, 2.05) is 0 Å². The average Bonchev–Trinajstić information content (AvgIpc) is 3.06. The first kappa shape index (κ1) is 17.1. The molecule has 0 aliphatic carbocycles. The highest BCUT2D eigenvalue weighted by Gasteiger charge is 2.35. The molecule has 13 heteroatoms. The van der Waals surface area contributed by atoms with Gasteiger partial charge in [0.15, 0.2) is 5.75 Å². The molecule has 3 rings (SSSR count). The van der Waals surface area contributed by atoms with Crippen molar-refractivity contribution in [1.82, 2.24) is 25.2 Å². The Bertz CT molecular complexity index is 1000. The summed E-state index contributed by atoms with van der Waals surface area (Å²) in [5.41, 5.74) is -2.52. The van der Waals surface area contributed by atoms with Crippen LogP contribution < -0.4 is 0 Å². The summed E-state index contributed by atoms with van der Waals surface area (Å²) in [4.78, 5) is 14.1. The number of pyridine rings is 1. The molecule has 26 heavy (non-hydrogen) atoms. The Morgan fingerprint density at radius 3 is 2.62 bits per heavy atom. The van der Waals surface area contributed by atoms with Crippen LogP contribution in [-0.2, 0) is 6.18 Å². The lowest BCUT2D eigenvalue weighted by atomic mass is 10.1. The van der Waals surface area contributed by atoms with Gasteiger partial charge in [-0.3, -0.25) is 15.1 Å². The van der Waals surface area contributed by atoms with Gasteiger partial charge in [-0.05, 0) is 17.3 Å². The van der Waals surface area contributed by atoms with Crippen LogP contribution in [0.4, 0.5) is 18.9 Å². The fraction of sp³-hybridized carbons (Fsp3) is 0.0769. The van der Waals surface area contributed by atoms with E-state index in [0.717, 1.165) is 30.6 Å². The van der Waals surface area contributed by atoms with Gasteiger partial charge in [0.25, 0.3) is 0 Å². The van der Waals surface area contributed by atoms with Gasteiger partial charge in [-0.2, -0.15) is 13.2 Å². The van der Waals surface area contributed by atoms with E-state index < -0.39 is 39.5 Å². The Kier molecular flexibility index (Phi) is 3.90. The van der Waals surface area contributed by atoms with Gasteiger partial charge >= 0.3 is 11.9 Å². The monoisotopic (exact) mass is 368 g/mol. The summed E-state index contributed by atoms with van der Waals surface area (Å²) in [7, 11) is 0. The van der Waals surface area contributed by atoms with Crippen LogP contribution in [0.3, 0.4) is 0 Å². The summed E-state index contributed by atoms with van der Waals surface area (Å²) in [5.74, 6) is -2.08. The molecule has 0 atom stereocenters. The van der Waals surface area contributed by atoms with E-state index in [-0.39, 0.29) is 11.4 Å². The maximum absolute atomic E-state index is 13.1. The van der Waals surface area contributed by atoms with Crippen LogP contribution >= 0.6 is 0 Å². The number of halogens is 3. The molecular formula is C13H7F3N6O4. The zero-order valence-electron chi connectivity index (χ0n) is 12.4. The molecule has 10 nitrogen and oxygen atoms in total. The van der Waals surface area contributed by atoms with Gasteiger partial charge in [-0.1, -0.05) is 0 Å². The fourth-order valence-electron chi connectivity index (χ4n) is 2.09. The molecule has 2 aromatic heterocycles. The SMILES string of the molecule is O=[N+]([O-])c1cc(-c2nnn(-c3cnccc3C(F)(F)F)n2)cc(O)c1O. The van der Waals surface area contributed by atoms with Crippen molar-refractivity contribution < 1.29 is 28.3 Å². The number of aromatic hydroxyl groups is 2. The van der Waals surface area contributed by atoms with E-state index >= 15 is 0 Å². The van der Waals surface area contributed by atoms with Crippen molar-refractivity contribution in [3.8, 4) is 28.6 Å². The highest BCUT2D eigenvalue weighted by atomic mass is 19.4. The second kappa shape index (κ2) is 5.94. The lowest BCUT2D eigenvalue weighted by molar-refractivity contribution is -0.385. The van der Waals surface area contributed by atoms with Crippen LogP contribution in [0, 0.1) is 10.1 Å². The molecule has 0 aliphatic rings. The molecule has 0 amide bonds. The van der Waals surface area contributed by atoms with Crippen molar-refractivity contribution in [2.75, 3.05) is 0 Å². The van der Waals surface area contributed by atoms with Gasteiger partial charge in [0, 0.05) is 17.8 Å². The highest BCUT2D eigenvalue weighted by molar-refractivity contribution is 5.68. The van der Waals surface area contributed by atoms with Gasteiger partial charge in [0.2, 0.25) is 11.6 Å². The lowest BCUT2D eigenvalue weighted by Crippen LogP contribution is -2.12. The highest BCUT2D eigenvalue weighted by Crippen LogP contribution is 2.38. The molecule has 0 aliphatic heterocycles. The molecule has 2 N–H and O–H groups in total. The summed E-state index contributed by atoms with van der Waals surface area (Å²) in [6.07, 6.45) is -2.86. The van der Waals surface area contributed by atoms with Crippen LogP contribution in [0.1, 0.15) is 5.56 Å². The number of rotatable bonds is 3. The standard InChI is InChI=1S/C13H7F3N6O4/c14-13(15,16)7-1-2-17-5-9(7)21-19-12(18-20-21)6-3-8(22(25)26)11(24)10(23)4-6/h1-5,23-24H. The molecule has 0 saturated heterocycles. The Labute approximate surface area is 141 Å². The minimum absolute atomic E-state index is 0.129. The fourth-order valence-corrected chi connectivity index (χ4v) is 2.09. The van der Waals surface area contributed by atoms with Crippen LogP contribution in [-0.4, -0.2) is 40.3 Å². The number of nitro benzene ring substituents is 1. The van der Waals surface area contributed by atoms with Crippen LogP contribution in [0.25, 0.3) is 17.1 Å². The molecule has 134 valence electrons. The number of tetrazole rings is 1. The summed E-state index contributed by atoms with van der Waals surface area (Å²) >= 11 is 0. The number of hydrogen-bond acceptors (Lipinski definition) is 8. The van der Waals surface area contributed by atoms with Crippen molar-refractivity contribution in [3.63, 3.8) is 0 Å². The first-order valence-electron chi connectivity index (χ1n) is 6.71. The Hall–Kier alpha value is -3.77. The Morgan fingerprint density at radius 1 is 1.23 bits per heavy atom. The molecule has 0 unspecified atom stereocenters. The number of phenols is 2. The molecule has 1 aromatic carbocycles. The summed E-state index contributed by atoms with van der Waals surface area (Å²) in [6, 6.07) is 2.50. The first-order chi connectivity index (χ1) is 12.2. The minimum Gasteiger partial charge on any atom is -0.504 e. The summed E-state index contributed by atoms with van der Waals surface area (Å²) < 4.78 is 39.2. The molecule has 0 saturated carbocycles. The number of phenolic OH excluding ortho intramolecular Hbond substituents is 2. The van der Waals surface area contributed by atoms with Gasteiger partial charge in [0.1, 0.15) is 5.69 Å². The normalized spacial score (nSPS) is 11.5. The number of nitrogens with zero attached hydrogens (tertiary/aromatic N) is 6. The Morgan fingerprint density at radius 2 is 1.96 bits per heavy atom. The molecule has 3 aromatic rings. The van der Waals surface area contributed by atoms with Crippen LogP contribution in [0.15, 0.2) is 30.6 Å². The predicted molar refractivity (Wildman–Crippen MR) is 77.4 cm³/mol. The van der Waals surface area contributed by atoms with Gasteiger partial charge in [-0.15, -0.1) is 15.0 Å². The quantitative estimate of drug-likeness (QED) is 0.407. The molecular weight excluding hydrogens is 361 g/mol. The van der Waals surface area contributed by atoms with E-state index in [9.17, 15) is 33.5 Å². The largest absolute Gasteiger partial charge is 0.504 e. The van der Waals surface area contributed by atoms with E-state index in [0.29, 0.717) is 4.80 Å². The first-order valence-corrected chi connectivity index (χ1v) is 6.71. The molecule has 0 fully saturated rings. The van der Waals surface area contributed by atoms with E-state index in [4.69, 9.17) is 0 Å². The topological polar surface area (TPSA) is 140 Å². The Balaban J connectivity index is 2.09. The number of nitro groups is 1. The van der Waals surface area contributed by atoms with Crippen molar-refractivity contribution in [2.24, 2.45) is 0 Å². The van der Waals surface area contributed by atoms with E-state index in [1.54, 1.807) is 0 Å². The van der Waals surface area contributed by atoms with Crippen molar-refractivity contribution in [2.45, 2.75) is 6.18 Å². The van der Waals surface area contributed by atoms with Gasteiger partial charge < -0.3 is 10.2 Å². The number of aromatic nitrogens is 5. The third-order valence-corrected chi connectivity index (χ3v) is 3.26. The number of alkyl halides is 3. The summed E-state index contributed by atoms with van der Waals surface area (Å²) in [5, 5.41) is 40.7. The lowest BCUT2D eigenvalue weighted by Gasteiger charge is -2.10. The smallest absolute Gasteiger partial charge is 0.418 e. The third-order valence-electron chi connectivity index (χ3n) is 3.26. The van der Waals surface area contributed by atoms with Gasteiger partial charge in [-0.25, -0.2) is 0 Å². The van der Waals surface area contributed by atoms with E-state index in [2.05, 4.69) is 20.4 Å². The van der Waals surface area contributed by atoms with Crippen molar-refractivity contribution >= 4 is 5.69 Å². The number of hydrogen-bond donors (Lipinski definition) is 2. The molecule has 0 spiro atoms. The maximum atomic E-state index is 13.1. The maximum Gasteiger partial charge on any atom is 0.418 e. The predicted octanol–water partition coefficient (Wildman–Crippen LogP) is 2.06. The second-order valence-electron chi connectivity index (χ2n) is 4.91. The average molecular weight is 368 g/mol. The van der Waals surface area contributed by atoms with Crippen LogP contribution in [0.5, 0.6) is 11.5 Å². The van der Waals surface area contributed by atoms with Gasteiger partial charge in [0.05, 0.1) is 16.7 Å². The zero-order valence-corrected chi connectivity index (χ0v) is 12.4. The third kappa shape index (κ3) is 2.97. The molecule has 2 heterocycles. The molecule has 0 bridgehead atoms. The van der Waals surface area contributed by atoms with Crippen molar-refractivity contribution in [1.29, 1.82) is 0 Å². The second-order valence-corrected chi connectivity index (χ2v) is 4.91. The number of benzene rings is 1. The minimum atomic E-state index is -4.69. The zero-order chi connectivity index (χ0) is 19.1. The summed E-state index contributed by atoms with van der Waals surface area (Å²) in [6.45, 7) is 0.